The van der Waals surface area contributed by atoms with Crippen LogP contribution in [0.1, 0.15) is 46.5 Å². The van der Waals surface area contributed by atoms with Gasteiger partial charge in [-0.15, -0.1) is 0 Å². The summed E-state index contributed by atoms with van der Waals surface area (Å²) >= 11 is 0. The predicted molar refractivity (Wildman–Crippen MR) is 52.8 cm³/mol. The highest BCUT2D eigenvalue weighted by Gasteiger charge is 2.40. The lowest BCUT2D eigenvalue weighted by molar-refractivity contribution is 0.161. The van der Waals surface area contributed by atoms with Crippen LogP contribution in [0.15, 0.2) is 0 Å². The molecule has 0 aromatic rings. The molecule has 0 bridgehead atoms. The average molecular weight is 170 g/mol. The number of hydrogen-bond acceptors (Lipinski definition) is 2. The zero-order chi connectivity index (χ0) is 9.41. The van der Waals surface area contributed by atoms with Crippen molar-refractivity contribution >= 4 is 0 Å². The van der Waals surface area contributed by atoms with Gasteiger partial charge in [0, 0.05) is 11.1 Å². The summed E-state index contributed by atoms with van der Waals surface area (Å²) in [5, 5.41) is 0. The second kappa shape index (κ2) is 3.00. The van der Waals surface area contributed by atoms with E-state index in [1.807, 2.05) is 13.8 Å². The van der Waals surface area contributed by atoms with E-state index in [0.717, 1.165) is 18.8 Å². The van der Waals surface area contributed by atoms with Gasteiger partial charge in [0.05, 0.1) is 0 Å². The summed E-state index contributed by atoms with van der Waals surface area (Å²) in [5.74, 6) is 0.837. The van der Waals surface area contributed by atoms with Crippen LogP contribution in [0.4, 0.5) is 0 Å². The molecule has 0 heterocycles. The first-order valence-corrected chi connectivity index (χ1v) is 4.93. The SMILES string of the molecule is CC1CCC(N)(C(C)(C)N)CC1. The third-order valence-electron chi connectivity index (χ3n) is 3.45. The van der Waals surface area contributed by atoms with Crippen molar-refractivity contribution in [1.29, 1.82) is 0 Å². The Morgan fingerprint density at radius 1 is 1.25 bits per heavy atom. The molecule has 1 aliphatic rings. The van der Waals surface area contributed by atoms with Crippen molar-refractivity contribution < 1.29 is 0 Å². The molecule has 1 fully saturated rings. The van der Waals surface area contributed by atoms with Gasteiger partial charge in [-0.1, -0.05) is 6.92 Å². The van der Waals surface area contributed by atoms with Crippen LogP contribution < -0.4 is 11.5 Å². The molecule has 72 valence electrons. The predicted octanol–water partition coefficient (Wildman–Crippen LogP) is 1.63. The Morgan fingerprint density at radius 3 is 2.00 bits per heavy atom. The fourth-order valence-electron chi connectivity index (χ4n) is 1.92. The second-order valence-corrected chi connectivity index (χ2v) is 5.06. The standard InChI is InChI=1S/C10H22N2/c1-8-4-6-10(12,7-5-8)9(2,3)11/h8H,4-7,11-12H2,1-3H3. The van der Waals surface area contributed by atoms with E-state index >= 15 is 0 Å². The van der Waals surface area contributed by atoms with Gasteiger partial charge in [0.2, 0.25) is 0 Å². The van der Waals surface area contributed by atoms with Crippen molar-refractivity contribution in [3.05, 3.63) is 0 Å². The van der Waals surface area contributed by atoms with E-state index < -0.39 is 0 Å². The van der Waals surface area contributed by atoms with Crippen LogP contribution in [0.2, 0.25) is 0 Å². The Hall–Kier alpha value is -0.0800. The molecule has 2 nitrogen and oxygen atoms in total. The first-order valence-electron chi connectivity index (χ1n) is 4.93. The van der Waals surface area contributed by atoms with Gasteiger partial charge in [0.15, 0.2) is 0 Å². The fourth-order valence-corrected chi connectivity index (χ4v) is 1.92. The van der Waals surface area contributed by atoms with Gasteiger partial charge >= 0.3 is 0 Å². The van der Waals surface area contributed by atoms with E-state index in [-0.39, 0.29) is 11.1 Å². The summed E-state index contributed by atoms with van der Waals surface area (Å²) in [6.45, 7) is 6.38. The van der Waals surface area contributed by atoms with Gasteiger partial charge in [-0.3, -0.25) is 0 Å². The minimum atomic E-state index is -0.229. The van der Waals surface area contributed by atoms with E-state index in [9.17, 15) is 0 Å². The second-order valence-electron chi connectivity index (χ2n) is 5.06. The van der Waals surface area contributed by atoms with Gasteiger partial charge in [-0.25, -0.2) is 0 Å². The fraction of sp³-hybridized carbons (Fsp3) is 1.00. The van der Waals surface area contributed by atoms with Gasteiger partial charge in [0.25, 0.3) is 0 Å². The molecule has 2 heteroatoms. The van der Waals surface area contributed by atoms with Gasteiger partial charge in [-0.05, 0) is 45.4 Å². The summed E-state index contributed by atoms with van der Waals surface area (Å²) in [7, 11) is 0. The van der Waals surface area contributed by atoms with E-state index in [1.54, 1.807) is 0 Å². The summed E-state index contributed by atoms with van der Waals surface area (Å²) in [6, 6.07) is 0. The van der Waals surface area contributed by atoms with Crippen molar-refractivity contribution in [3.63, 3.8) is 0 Å². The van der Waals surface area contributed by atoms with Crippen LogP contribution in [-0.2, 0) is 0 Å². The van der Waals surface area contributed by atoms with E-state index in [1.165, 1.54) is 12.8 Å². The molecule has 0 unspecified atom stereocenters. The molecule has 4 N–H and O–H groups in total. The minimum absolute atomic E-state index is 0.125. The molecule has 0 aromatic heterocycles. The summed E-state index contributed by atoms with van der Waals surface area (Å²) < 4.78 is 0. The lowest BCUT2D eigenvalue weighted by Gasteiger charge is -2.45. The van der Waals surface area contributed by atoms with Crippen LogP contribution in [0, 0.1) is 5.92 Å². The molecule has 0 aliphatic heterocycles. The van der Waals surface area contributed by atoms with E-state index in [2.05, 4.69) is 6.92 Å². The number of nitrogens with two attached hydrogens (primary N) is 2. The molecule has 0 amide bonds. The Balaban J connectivity index is 2.62. The van der Waals surface area contributed by atoms with Crippen molar-refractivity contribution in [1.82, 2.24) is 0 Å². The third kappa shape index (κ3) is 1.80. The lowest BCUT2D eigenvalue weighted by Crippen LogP contribution is -2.63. The Kier molecular flexibility index (Phi) is 2.50. The Bertz CT molecular complexity index is 150. The van der Waals surface area contributed by atoms with Crippen molar-refractivity contribution in [2.75, 3.05) is 0 Å². The quantitative estimate of drug-likeness (QED) is 0.628. The van der Waals surface area contributed by atoms with Gasteiger partial charge < -0.3 is 11.5 Å². The first-order chi connectivity index (χ1) is 5.35. The van der Waals surface area contributed by atoms with E-state index in [0.29, 0.717) is 0 Å². The van der Waals surface area contributed by atoms with Crippen molar-refractivity contribution in [3.8, 4) is 0 Å². The molecule has 0 saturated heterocycles. The van der Waals surface area contributed by atoms with Crippen LogP contribution in [-0.4, -0.2) is 11.1 Å². The van der Waals surface area contributed by atoms with E-state index in [4.69, 9.17) is 11.5 Å². The van der Waals surface area contributed by atoms with Crippen LogP contribution in [0.5, 0.6) is 0 Å². The van der Waals surface area contributed by atoms with Crippen molar-refractivity contribution in [2.24, 2.45) is 17.4 Å². The Labute approximate surface area is 75.7 Å². The number of hydrogen-bond donors (Lipinski definition) is 2. The molecule has 1 aliphatic carbocycles. The molecule has 0 spiro atoms. The van der Waals surface area contributed by atoms with Gasteiger partial charge in [-0.2, -0.15) is 0 Å². The van der Waals surface area contributed by atoms with Crippen molar-refractivity contribution in [2.45, 2.75) is 57.5 Å². The van der Waals surface area contributed by atoms with Crippen LogP contribution in [0.25, 0.3) is 0 Å². The highest BCUT2D eigenvalue weighted by molar-refractivity contribution is 5.03. The first kappa shape index (κ1) is 10.0. The zero-order valence-corrected chi connectivity index (χ0v) is 8.56. The average Bonchev–Trinajstić information content (AvgIpc) is 1.93. The third-order valence-corrected chi connectivity index (χ3v) is 3.45. The highest BCUT2D eigenvalue weighted by Crippen LogP contribution is 2.35. The molecule has 1 saturated carbocycles. The van der Waals surface area contributed by atoms with Crippen LogP contribution in [0.3, 0.4) is 0 Å². The summed E-state index contributed by atoms with van der Waals surface area (Å²) in [4.78, 5) is 0. The topological polar surface area (TPSA) is 52.0 Å². The minimum Gasteiger partial charge on any atom is -0.324 e. The van der Waals surface area contributed by atoms with Gasteiger partial charge in [0.1, 0.15) is 0 Å². The number of rotatable bonds is 1. The Morgan fingerprint density at radius 2 is 1.67 bits per heavy atom. The molecule has 0 radical (unpaired) electrons. The maximum Gasteiger partial charge on any atom is 0.0331 e. The van der Waals surface area contributed by atoms with Crippen LogP contribution >= 0.6 is 0 Å². The lowest BCUT2D eigenvalue weighted by atomic mass is 9.68. The molecular formula is C10H22N2. The summed E-state index contributed by atoms with van der Waals surface area (Å²) in [6.07, 6.45) is 4.63. The maximum absolute atomic E-state index is 6.27. The summed E-state index contributed by atoms with van der Waals surface area (Å²) in [5.41, 5.74) is 12.0. The smallest absolute Gasteiger partial charge is 0.0331 e. The monoisotopic (exact) mass is 170 g/mol. The molecular weight excluding hydrogens is 148 g/mol. The zero-order valence-electron chi connectivity index (χ0n) is 8.56. The normalized spacial score (nSPS) is 38.2. The molecule has 1 rings (SSSR count). The molecule has 0 aromatic carbocycles. The molecule has 12 heavy (non-hydrogen) atoms. The largest absolute Gasteiger partial charge is 0.324 e. The maximum atomic E-state index is 6.27. The molecule has 0 atom stereocenters. The highest BCUT2D eigenvalue weighted by atomic mass is 14.9.